The minimum Gasteiger partial charge on any atom is -0.388 e. The number of nitrogens with zero attached hydrogens (tertiary/aromatic N) is 3. The van der Waals surface area contributed by atoms with E-state index in [4.69, 9.17) is 0 Å². The Hall–Kier alpha value is -1.49. The Labute approximate surface area is 128 Å². The number of aliphatic hydroxyl groups excluding tert-OH is 1. The maximum Gasteiger partial charge on any atom is 0.272 e. The molecule has 0 aliphatic carbocycles. The van der Waals surface area contributed by atoms with Crippen LogP contribution < -0.4 is 4.72 Å². The van der Waals surface area contributed by atoms with Crippen LogP contribution in [0.3, 0.4) is 0 Å². The number of sulfonamides is 1. The Morgan fingerprint density at radius 1 is 1.59 bits per heavy atom. The van der Waals surface area contributed by atoms with Gasteiger partial charge in [0, 0.05) is 32.9 Å². The zero-order chi connectivity index (χ0) is 16.5. The van der Waals surface area contributed by atoms with Gasteiger partial charge in [0.05, 0.1) is 6.26 Å². The molecule has 1 saturated heterocycles. The molecule has 0 saturated carbocycles. The number of β-amino-alcohol motifs (C(OH)–C–C–N with tert-alkyl or cyclic N) is 1. The molecule has 22 heavy (non-hydrogen) atoms. The van der Waals surface area contributed by atoms with E-state index in [1.807, 2.05) is 0 Å². The van der Waals surface area contributed by atoms with E-state index in [1.165, 1.54) is 15.8 Å². The van der Waals surface area contributed by atoms with Crippen LogP contribution >= 0.6 is 0 Å². The highest BCUT2D eigenvalue weighted by atomic mass is 32.2. The van der Waals surface area contributed by atoms with Gasteiger partial charge in [-0.1, -0.05) is 0 Å². The number of rotatable bonds is 4. The van der Waals surface area contributed by atoms with Crippen molar-refractivity contribution in [2.24, 2.45) is 7.05 Å². The molecule has 9 nitrogen and oxygen atoms in total. The first kappa shape index (κ1) is 16.9. The minimum absolute atomic E-state index is 0.0697. The molecule has 1 aliphatic heterocycles. The van der Waals surface area contributed by atoms with E-state index in [2.05, 4.69) is 9.82 Å². The zero-order valence-corrected chi connectivity index (χ0v) is 13.2. The van der Waals surface area contributed by atoms with Crippen LogP contribution in [0.4, 0.5) is 0 Å². The molecule has 1 aromatic heterocycles. The van der Waals surface area contributed by atoms with Gasteiger partial charge in [-0.25, -0.2) is 13.1 Å². The van der Waals surface area contributed by atoms with E-state index in [0.29, 0.717) is 5.69 Å². The quantitative estimate of drug-likeness (QED) is 0.580. The molecule has 10 heteroatoms. The molecular weight excluding hydrogens is 312 g/mol. The number of hydrogen-bond acceptors (Lipinski definition) is 6. The molecule has 0 spiro atoms. The smallest absolute Gasteiger partial charge is 0.272 e. The molecule has 1 aliphatic rings. The van der Waals surface area contributed by atoms with Gasteiger partial charge in [-0.2, -0.15) is 5.10 Å². The second-order valence-corrected chi connectivity index (χ2v) is 7.39. The normalized spacial score (nSPS) is 26.2. The fourth-order valence-corrected chi connectivity index (χ4v) is 2.87. The summed E-state index contributed by atoms with van der Waals surface area (Å²) in [5.41, 5.74) is -1.21. The summed E-state index contributed by atoms with van der Waals surface area (Å²) < 4.78 is 25.8. The molecule has 0 unspecified atom stereocenters. The second-order valence-electron chi connectivity index (χ2n) is 5.55. The first-order valence-corrected chi connectivity index (χ1v) is 8.64. The lowest BCUT2D eigenvalue weighted by atomic mass is 9.88. The van der Waals surface area contributed by atoms with Gasteiger partial charge in [0.15, 0.2) is 0 Å². The molecule has 0 aromatic carbocycles. The number of amides is 1. The van der Waals surface area contributed by atoms with Gasteiger partial charge in [-0.05, 0) is 12.5 Å². The van der Waals surface area contributed by atoms with Gasteiger partial charge in [-0.15, -0.1) is 0 Å². The average molecular weight is 332 g/mol. The van der Waals surface area contributed by atoms with Gasteiger partial charge < -0.3 is 15.1 Å². The van der Waals surface area contributed by atoms with Crippen molar-refractivity contribution >= 4 is 15.9 Å². The third-order valence-electron chi connectivity index (χ3n) is 3.80. The van der Waals surface area contributed by atoms with Crippen LogP contribution in [0.2, 0.25) is 0 Å². The lowest BCUT2D eigenvalue weighted by Crippen LogP contribution is -2.61. The fourth-order valence-electron chi connectivity index (χ4n) is 2.36. The highest BCUT2D eigenvalue weighted by molar-refractivity contribution is 7.88. The Bertz CT molecular complexity index is 658. The van der Waals surface area contributed by atoms with Crippen molar-refractivity contribution in [1.29, 1.82) is 0 Å². The Kier molecular flexibility index (Phi) is 4.57. The number of likely N-dealkylation sites (tertiary alicyclic amines) is 1. The predicted octanol–water partition coefficient (Wildman–Crippen LogP) is -2.09. The molecule has 1 aromatic rings. The Morgan fingerprint density at radius 3 is 2.77 bits per heavy atom. The molecule has 2 atom stereocenters. The van der Waals surface area contributed by atoms with E-state index in [-0.39, 0.29) is 32.0 Å². The van der Waals surface area contributed by atoms with Gasteiger partial charge >= 0.3 is 0 Å². The number of aryl methyl sites for hydroxylation is 1. The standard InChI is InChI=1S/C12H20N4O5S/c1-15-9(3-5-13-15)11(18)16-6-4-12(19,10(17)7-16)8-14-22(2,20)21/h3,5,10,14,17,19H,4,6-8H2,1-2H3/t10-,12-/m1/s1. The van der Waals surface area contributed by atoms with Crippen molar-refractivity contribution in [2.45, 2.75) is 18.1 Å². The van der Waals surface area contributed by atoms with E-state index in [0.717, 1.165) is 6.26 Å². The highest BCUT2D eigenvalue weighted by Gasteiger charge is 2.42. The Balaban J connectivity index is 2.03. The molecule has 1 fully saturated rings. The van der Waals surface area contributed by atoms with E-state index >= 15 is 0 Å². The average Bonchev–Trinajstić information content (AvgIpc) is 2.85. The number of carbonyl (C=O) groups is 1. The fraction of sp³-hybridized carbons (Fsp3) is 0.667. The number of carbonyl (C=O) groups excluding carboxylic acids is 1. The van der Waals surface area contributed by atoms with Crippen LogP contribution in [-0.4, -0.2) is 76.8 Å². The van der Waals surface area contributed by atoms with E-state index < -0.39 is 21.7 Å². The Morgan fingerprint density at radius 2 is 2.27 bits per heavy atom. The number of piperidine rings is 1. The summed E-state index contributed by atoms with van der Waals surface area (Å²) in [5.74, 6) is -0.294. The number of nitrogens with one attached hydrogen (secondary N) is 1. The number of aromatic nitrogens is 2. The monoisotopic (exact) mass is 332 g/mol. The van der Waals surface area contributed by atoms with Crippen molar-refractivity contribution in [2.75, 3.05) is 25.9 Å². The van der Waals surface area contributed by atoms with Crippen molar-refractivity contribution in [3.8, 4) is 0 Å². The maximum atomic E-state index is 12.3. The molecule has 1 amide bonds. The molecule has 2 rings (SSSR count). The molecular formula is C12H20N4O5S. The van der Waals surface area contributed by atoms with Crippen LogP contribution in [0.5, 0.6) is 0 Å². The molecule has 0 radical (unpaired) electrons. The zero-order valence-electron chi connectivity index (χ0n) is 12.4. The third-order valence-corrected chi connectivity index (χ3v) is 4.46. The molecule has 3 N–H and O–H groups in total. The van der Waals surface area contributed by atoms with Gasteiger partial charge in [0.25, 0.3) is 5.91 Å². The summed E-state index contributed by atoms with van der Waals surface area (Å²) in [6.07, 6.45) is 1.30. The second kappa shape index (κ2) is 5.95. The summed E-state index contributed by atoms with van der Waals surface area (Å²) >= 11 is 0. The van der Waals surface area contributed by atoms with Crippen LogP contribution in [0, 0.1) is 0 Å². The van der Waals surface area contributed by atoms with Crippen molar-refractivity contribution in [3.05, 3.63) is 18.0 Å². The summed E-state index contributed by atoms with van der Waals surface area (Å²) in [6.45, 7) is -0.157. The minimum atomic E-state index is -3.47. The number of aliphatic hydroxyl groups is 2. The van der Waals surface area contributed by atoms with Gasteiger partial charge in [0.2, 0.25) is 10.0 Å². The first-order chi connectivity index (χ1) is 10.1. The van der Waals surface area contributed by atoms with Crippen molar-refractivity contribution in [1.82, 2.24) is 19.4 Å². The van der Waals surface area contributed by atoms with Crippen LogP contribution in [0.25, 0.3) is 0 Å². The van der Waals surface area contributed by atoms with Crippen molar-refractivity contribution < 1.29 is 23.4 Å². The van der Waals surface area contributed by atoms with Crippen LogP contribution in [0.15, 0.2) is 12.3 Å². The van der Waals surface area contributed by atoms with E-state index in [9.17, 15) is 23.4 Å². The summed E-state index contributed by atoms with van der Waals surface area (Å²) in [6, 6.07) is 1.57. The first-order valence-electron chi connectivity index (χ1n) is 6.75. The van der Waals surface area contributed by atoms with Crippen molar-refractivity contribution in [3.63, 3.8) is 0 Å². The summed E-state index contributed by atoms with van der Waals surface area (Å²) in [4.78, 5) is 13.7. The lowest BCUT2D eigenvalue weighted by Gasteiger charge is -2.41. The molecule has 0 bridgehead atoms. The topological polar surface area (TPSA) is 125 Å². The van der Waals surface area contributed by atoms with Gasteiger partial charge in [-0.3, -0.25) is 9.48 Å². The van der Waals surface area contributed by atoms with Crippen LogP contribution in [0.1, 0.15) is 16.9 Å². The maximum absolute atomic E-state index is 12.3. The summed E-state index contributed by atoms with van der Waals surface area (Å²) in [5, 5.41) is 24.4. The number of hydrogen-bond donors (Lipinski definition) is 3. The largest absolute Gasteiger partial charge is 0.388 e. The predicted molar refractivity (Wildman–Crippen MR) is 77.5 cm³/mol. The highest BCUT2D eigenvalue weighted by Crippen LogP contribution is 2.23. The van der Waals surface area contributed by atoms with Gasteiger partial charge in [0.1, 0.15) is 17.4 Å². The third kappa shape index (κ3) is 3.64. The van der Waals surface area contributed by atoms with E-state index in [1.54, 1.807) is 13.1 Å². The van der Waals surface area contributed by atoms with Crippen LogP contribution in [-0.2, 0) is 17.1 Å². The lowest BCUT2D eigenvalue weighted by molar-refractivity contribution is -0.107. The molecule has 2 heterocycles. The SMILES string of the molecule is Cn1nccc1C(=O)N1CC[C@@](O)(CNS(C)(=O)=O)[C@H](O)C1. The molecule has 124 valence electrons. The summed E-state index contributed by atoms with van der Waals surface area (Å²) in [7, 11) is -1.83.